The number of hydrogen-bond acceptors (Lipinski definition) is 1. The molecule has 0 fully saturated rings. The first-order chi connectivity index (χ1) is 6.54. The van der Waals surface area contributed by atoms with E-state index < -0.39 is 0 Å². The van der Waals surface area contributed by atoms with Crippen molar-refractivity contribution in [2.75, 3.05) is 0 Å². The van der Waals surface area contributed by atoms with Gasteiger partial charge in [-0.1, -0.05) is 17.7 Å². The van der Waals surface area contributed by atoms with Crippen LogP contribution < -0.4 is 0 Å². The number of halogens is 1. The first-order valence-corrected chi connectivity index (χ1v) is 5.84. The summed E-state index contributed by atoms with van der Waals surface area (Å²) in [5, 5.41) is 2.89. The van der Waals surface area contributed by atoms with Gasteiger partial charge in [0, 0.05) is 9.90 Å². The fourth-order valence-corrected chi connectivity index (χ4v) is 2.11. The molecule has 0 amide bonds. The molecule has 0 aliphatic carbocycles. The quantitative estimate of drug-likeness (QED) is 0.599. The molecule has 1 rings (SSSR count). The Hall–Kier alpha value is -0.530. The van der Waals surface area contributed by atoms with Crippen LogP contribution in [0, 0.1) is 27.7 Å². The molecule has 0 bridgehead atoms. The summed E-state index contributed by atoms with van der Waals surface area (Å²) in [5.41, 5.74) is 3.77. The summed E-state index contributed by atoms with van der Waals surface area (Å²) in [6.07, 6.45) is 0. The van der Waals surface area contributed by atoms with E-state index in [9.17, 15) is 0 Å². The number of aryl methyl sites for hydroxylation is 1. The Balaban J connectivity index is 3.68. The summed E-state index contributed by atoms with van der Waals surface area (Å²) >= 11 is 7.89. The van der Waals surface area contributed by atoms with Crippen molar-refractivity contribution in [3.63, 3.8) is 0 Å². The Morgan fingerprint density at radius 2 is 1.64 bits per heavy atom. The Morgan fingerprint density at radius 3 is 2.29 bits per heavy atom. The minimum atomic E-state index is 0.827. The summed E-state index contributed by atoms with van der Waals surface area (Å²) in [7, 11) is 0. The lowest BCUT2D eigenvalue weighted by Gasteiger charge is -2.02. The lowest BCUT2D eigenvalue weighted by molar-refractivity contribution is 1.27. The van der Waals surface area contributed by atoms with Crippen LogP contribution in [0.25, 0.3) is 0 Å². The van der Waals surface area contributed by atoms with E-state index in [0.29, 0.717) is 0 Å². The van der Waals surface area contributed by atoms with E-state index in [-0.39, 0.29) is 0 Å². The van der Waals surface area contributed by atoms with Crippen molar-refractivity contribution in [1.29, 1.82) is 0 Å². The lowest BCUT2D eigenvalue weighted by atomic mass is 10.1. The Labute approximate surface area is 94.9 Å². The van der Waals surface area contributed by atoms with Gasteiger partial charge in [-0.15, -0.1) is 11.3 Å². The van der Waals surface area contributed by atoms with Crippen molar-refractivity contribution >= 4 is 22.9 Å². The van der Waals surface area contributed by atoms with Gasteiger partial charge in [-0.25, -0.2) is 0 Å². The van der Waals surface area contributed by atoms with Crippen LogP contribution in [0.5, 0.6) is 0 Å². The van der Waals surface area contributed by atoms with E-state index in [1.54, 1.807) is 11.3 Å². The summed E-state index contributed by atoms with van der Waals surface area (Å²) in [6, 6.07) is 3.94. The van der Waals surface area contributed by atoms with E-state index >= 15 is 0 Å². The van der Waals surface area contributed by atoms with E-state index in [2.05, 4.69) is 33.1 Å². The Morgan fingerprint density at radius 1 is 1.00 bits per heavy atom. The number of rotatable bonds is 0. The minimum Gasteiger partial charge on any atom is -0.149 e. The van der Waals surface area contributed by atoms with Gasteiger partial charge in [-0.3, -0.25) is 0 Å². The maximum atomic E-state index is 6.14. The van der Waals surface area contributed by atoms with Crippen molar-refractivity contribution < 1.29 is 0 Å². The Kier molecular flexibility index (Phi) is 3.97. The number of hydrogen-bond donors (Lipinski definition) is 0. The zero-order valence-corrected chi connectivity index (χ0v) is 10.6. The zero-order chi connectivity index (χ0) is 10.7. The molecule has 2 heteroatoms. The third-order valence-electron chi connectivity index (χ3n) is 2.58. The molecule has 14 heavy (non-hydrogen) atoms. The van der Waals surface area contributed by atoms with Crippen LogP contribution in [0.1, 0.15) is 21.6 Å². The molecule has 0 spiro atoms. The highest BCUT2D eigenvalue weighted by Gasteiger charge is 1.99. The molecule has 0 nitrogen and oxygen atoms in total. The summed E-state index contributed by atoms with van der Waals surface area (Å²) in [4.78, 5) is 1.33. The fraction of sp³-hybridized carbons (Fsp3) is 0.333. The van der Waals surface area contributed by atoms with Crippen molar-refractivity contribution in [1.82, 2.24) is 0 Å². The van der Waals surface area contributed by atoms with Gasteiger partial charge in [0.25, 0.3) is 0 Å². The normalized spacial score (nSPS) is 9.79. The fourth-order valence-electron chi connectivity index (χ4n) is 1.20. The summed E-state index contributed by atoms with van der Waals surface area (Å²) < 4.78 is 0. The Bertz CT molecular complexity index is 354. The van der Waals surface area contributed by atoms with Crippen LogP contribution in [0.3, 0.4) is 0 Å². The van der Waals surface area contributed by atoms with Gasteiger partial charge >= 0.3 is 0 Å². The standard InChI is InChI=1S/C12H15ClS/c1-8-9(2)11(4)14-7-5-6-12(13)10(8)3/h5-7H,1-4H3. The van der Waals surface area contributed by atoms with Gasteiger partial charge in [0.2, 0.25) is 0 Å². The average Bonchev–Trinajstić information content (AvgIpc) is 2.21. The van der Waals surface area contributed by atoms with Gasteiger partial charge in [0.05, 0.1) is 0 Å². The van der Waals surface area contributed by atoms with E-state index in [1.165, 1.54) is 16.0 Å². The van der Waals surface area contributed by atoms with Gasteiger partial charge in [0.15, 0.2) is 0 Å². The molecule has 0 saturated carbocycles. The smallest absolute Gasteiger partial charge is 0.0438 e. The molecular formula is C12H15ClS. The topological polar surface area (TPSA) is 0 Å². The van der Waals surface area contributed by atoms with Gasteiger partial charge in [-0.2, -0.15) is 0 Å². The third-order valence-corrected chi connectivity index (χ3v) is 3.94. The van der Waals surface area contributed by atoms with Crippen LogP contribution in [-0.2, 0) is 0 Å². The predicted octanol–water partition coefficient (Wildman–Crippen LogP) is 4.76. The maximum absolute atomic E-state index is 6.14. The first-order valence-electron chi connectivity index (χ1n) is 4.58. The molecule has 0 aliphatic heterocycles. The van der Waals surface area contributed by atoms with Gasteiger partial charge < -0.3 is 0 Å². The summed E-state index contributed by atoms with van der Waals surface area (Å²) in [5.74, 6) is 0. The maximum Gasteiger partial charge on any atom is 0.0438 e. The molecular weight excluding hydrogens is 212 g/mol. The van der Waals surface area contributed by atoms with Crippen molar-refractivity contribution in [2.24, 2.45) is 0 Å². The van der Waals surface area contributed by atoms with Crippen LogP contribution in [0.2, 0.25) is 5.02 Å². The molecule has 0 aromatic carbocycles. The molecule has 0 aliphatic rings. The average molecular weight is 227 g/mol. The molecule has 76 valence electrons. The predicted molar refractivity (Wildman–Crippen MR) is 65.9 cm³/mol. The van der Waals surface area contributed by atoms with E-state index in [0.717, 1.165) is 10.6 Å². The molecule has 1 aromatic heterocycles. The molecule has 1 aromatic rings. The molecule has 0 radical (unpaired) electrons. The monoisotopic (exact) mass is 226 g/mol. The highest BCUT2D eigenvalue weighted by Crippen LogP contribution is 2.21. The van der Waals surface area contributed by atoms with Crippen LogP contribution >= 0.6 is 22.9 Å². The van der Waals surface area contributed by atoms with Crippen molar-refractivity contribution in [3.8, 4) is 0 Å². The SMILES string of the molecule is Cc1scccc(Cl)c(C)c(C)c1C. The van der Waals surface area contributed by atoms with Crippen LogP contribution in [0.15, 0.2) is 17.5 Å². The second-order valence-electron chi connectivity index (χ2n) is 3.39. The first kappa shape index (κ1) is 11.5. The second kappa shape index (κ2) is 4.81. The molecule has 1 heterocycles. The third kappa shape index (κ3) is 2.49. The zero-order valence-electron chi connectivity index (χ0n) is 9.02. The lowest BCUT2D eigenvalue weighted by Crippen LogP contribution is -1.84. The minimum absolute atomic E-state index is 0.827. The molecule has 0 atom stereocenters. The van der Waals surface area contributed by atoms with Crippen molar-refractivity contribution in [3.05, 3.63) is 44.1 Å². The second-order valence-corrected chi connectivity index (χ2v) is 4.92. The van der Waals surface area contributed by atoms with Gasteiger partial charge in [0.1, 0.15) is 0 Å². The van der Waals surface area contributed by atoms with Crippen molar-refractivity contribution in [2.45, 2.75) is 27.7 Å². The molecule has 0 unspecified atom stereocenters. The highest BCUT2D eigenvalue weighted by atomic mass is 35.5. The summed E-state index contributed by atoms with van der Waals surface area (Å²) in [6.45, 7) is 8.47. The molecule has 0 saturated heterocycles. The van der Waals surface area contributed by atoms with Gasteiger partial charge in [-0.05, 0) is 55.8 Å². The van der Waals surface area contributed by atoms with Crippen LogP contribution in [-0.4, -0.2) is 0 Å². The largest absolute Gasteiger partial charge is 0.149 e. The van der Waals surface area contributed by atoms with E-state index in [1.807, 2.05) is 12.1 Å². The van der Waals surface area contributed by atoms with Crippen LogP contribution in [0.4, 0.5) is 0 Å². The molecule has 0 N–H and O–H groups in total. The van der Waals surface area contributed by atoms with E-state index in [4.69, 9.17) is 11.6 Å². The highest BCUT2D eigenvalue weighted by molar-refractivity contribution is 7.09.